The fraction of sp³-hybridized carbons (Fsp3) is 0.133. The second-order valence-corrected chi connectivity index (χ2v) is 5.71. The van der Waals surface area contributed by atoms with Gasteiger partial charge in [-0.15, -0.1) is 11.6 Å². The summed E-state index contributed by atoms with van der Waals surface area (Å²) in [7, 11) is 0. The lowest BCUT2D eigenvalue weighted by Gasteiger charge is -2.10. The molecule has 0 saturated heterocycles. The maximum Gasteiger partial charge on any atom is 0.129 e. The van der Waals surface area contributed by atoms with Crippen LogP contribution in [0.1, 0.15) is 11.4 Å². The molecule has 0 atom stereocenters. The molecule has 2 aromatic carbocycles. The molecule has 0 aliphatic rings. The zero-order valence-corrected chi connectivity index (χ0v) is 13.0. The van der Waals surface area contributed by atoms with Crippen LogP contribution in [-0.4, -0.2) is 9.55 Å². The molecule has 102 valence electrons. The Morgan fingerprint density at radius 3 is 2.75 bits per heavy atom. The minimum atomic E-state index is -0.300. The molecular formula is C15H11BrClFN2. The highest BCUT2D eigenvalue weighted by Gasteiger charge is 2.14. The minimum absolute atomic E-state index is 0.261. The van der Waals surface area contributed by atoms with E-state index in [1.165, 1.54) is 12.1 Å². The Morgan fingerprint density at radius 1 is 1.25 bits per heavy atom. The van der Waals surface area contributed by atoms with Crippen molar-refractivity contribution in [1.82, 2.24) is 9.55 Å². The molecule has 0 radical (unpaired) electrons. The molecule has 0 unspecified atom stereocenters. The normalized spacial score (nSPS) is 11.2. The first-order valence-corrected chi connectivity index (χ1v) is 7.42. The molecule has 3 rings (SSSR count). The van der Waals surface area contributed by atoms with Crippen LogP contribution >= 0.6 is 27.5 Å². The van der Waals surface area contributed by atoms with E-state index >= 15 is 0 Å². The highest BCUT2D eigenvalue weighted by atomic mass is 79.9. The summed E-state index contributed by atoms with van der Waals surface area (Å²) < 4.78 is 16.2. The molecule has 1 heterocycles. The van der Waals surface area contributed by atoms with E-state index in [2.05, 4.69) is 20.9 Å². The summed E-state index contributed by atoms with van der Waals surface area (Å²) in [6.07, 6.45) is 0. The Labute approximate surface area is 129 Å². The van der Waals surface area contributed by atoms with Crippen molar-refractivity contribution in [2.45, 2.75) is 12.8 Å². The predicted octanol–water partition coefficient (Wildman–Crippen LogP) is 4.97. The van der Waals surface area contributed by atoms with Gasteiger partial charge in [0.05, 0.1) is 22.6 Å². The Morgan fingerprint density at radius 2 is 2.05 bits per heavy atom. The SMILES string of the molecule is Cc1ccc(-n2c(CCl)nc3cc(F)ccc32)c(Br)c1. The highest BCUT2D eigenvalue weighted by molar-refractivity contribution is 9.10. The lowest BCUT2D eigenvalue weighted by Crippen LogP contribution is -2.00. The van der Waals surface area contributed by atoms with Crippen molar-refractivity contribution >= 4 is 38.6 Å². The third-order valence-electron chi connectivity index (χ3n) is 3.15. The van der Waals surface area contributed by atoms with Crippen LogP contribution in [0.3, 0.4) is 0 Å². The number of aromatic nitrogens is 2. The number of imidazole rings is 1. The third-order valence-corrected chi connectivity index (χ3v) is 4.02. The Balaban J connectivity index is 2.34. The van der Waals surface area contributed by atoms with Gasteiger partial charge < -0.3 is 0 Å². The standard InChI is InChI=1S/C15H11BrClFN2/c1-9-2-4-13(11(16)6-9)20-14-5-3-10(18)7-12(14)19-15(20)8-17/h2-7H,8H2,1H3. The van der Waals surface area contributed by atoms with Crippen LogP contribution in [0.2, 0.25) is 0 Å². The number of halogens is 3. The number of fused-ring (bicyclic) bond motifs is 1. The summed E-state index contributed by atoms with van der Waals surface area (Å²) in [6.45, 7) is 2.03. The smallest absolute Gasteiger partial charge is 0.129 e. The number of aryl methyl sites for hydroxylation is 1. The van der Waals surface area contributed by atoms with E-state index in [9.17, 15) is 4.39 Å². The summed E-state index contributed by atoms with van der Waals surface area (Å²) in [5.74, 6) is 0.652. The van der Waals surface area contributed by atoms with Crippen LogP contribution in [0.15, 0.2) is 40.9 Å². The molecule has 1 aromatic heterocycles. The van der Waals surface area contributed by atoms with Gasteiger partial charge in [0, 0.05) is 10.5 Å². The first-order chi connectivity index (χ1) is 9.60. The number of nitrogens with zero attached hydrogens (tertiary/aromatic N) is 2. The maximum absolute atomic E-state index is 13.3. The lowest BCUT2D eigenvalue weighted by molar-refractivity contribution is 0.629. The lowest BCUT2D eigenvalue weighted by atomic mass is 10.2. The largest absolute Gasteiger partial charge is 0.294 e. The Kier molecular flexibility index (Phi) is 3.52. The van der Waals surface area contributed by atoms with Crippen molar-refractivity contribution < 1.29 is 4.39 Å². The van der Waals surface area contributed by atoms with Crippen molar-refractivity contribution in [2.24, 2.45) is 0 Å². The molecular weight excluding hydrogens is 343 g/mol. The molecule has 0 bridgehead atoms. The average molecular weight is 354 g/mol. The zero-order valence-electron chi connectivity index (χ0n) is 10.7. The second kappa shape index (κ2) is 5.19. The number of rotatable bonds is 2. The van der Waals surface area contributed by atoms with Crippen LogP contribution in [-0.2, 0) is 5.88 Å². The summed E-state index contributed by atoms with van der Waals surface area (Å²) in [6, 6.07) is 10.6. The molecule has 0 spiro atoms. The third kappa shape index (κ3) is 2.23. The monoisotopic (exact) mass is 352 g/mol. The molecule has 0 fully saturated rings. The first-order valence-electron chi connectivity index (χ1n) is 6.09. The Hall–Kier alpha value is -1.39. The van der Waals surface area contributed by atoms with E-state index in [0.29, 0.717) is 11.3 Å². The van der Waals surface area contributed by atoms with Gasteiger partial charge in [0.15, 0.2) is 0 Å². The fourth-order valence-corrected chi connectivity index (χ4v) is 3.10. The van der Waals surface area contributed by atoms with Gasteiger partial charge >= 0.3 is 0 Å². The topological polar surface area (TPSA) is 17.8 Å². The molecule has 0 amide bonds. The maximum atomic E-state index is 13.3. The zero-order chi connectivity index (χ0) is 14.3. The molecule has 0 aliphatic heterocycles. The second-order valence-electron chi connectivity index (χ2n) is 4.58. The van der Waals surface area contributed by atoms with Crippen molar-refractivity contribution in [3.63, 3.8) is 0 Å². The Bertz CT molecular complexity index is 798. The van der Waals surface area contributed by atoms with Gasteiger partial charge in [-0.3, -0.25) is 4.57 Å². The first kappa shape index (κ1) is 13.6. The minimum Gasteiger partial charge on any atom is -0.294 e. The van der Waals surface area contributed by atoms with Crippen molar-refractivity contribution in [1.29, 1.82) is 0 Å². The average Bonchev–Trinajstić information content (AvgIpc) is 2.76. The molecule has 0 N–H and O–H groups in total. The van der Waals surface area contributed by atoms with E-state index in [0.717, 1.165) is 21.2 Å². The molecule has 0 saturated carbocycles. The molecule has 0 aliphatic carbocycles. The fourth-order valence-electron chi connectivity index (χ4n) is 2.26. The molecule has 20 heavy (non-hydrogen) atoms. The number of hydrogen-bond acceptors (Lipinski definition) is 1. The van der Waals surface area contributed by atoms with Gasteiger partial charge in [0.25, 0.3) is 0 Å². The number of hydrogen-bond donors (Lipinski definition) is 0. The van der Waals surface area contributed by atoms with Gasteiger partial charge in [0.1, 0.15) is 11.6 Å². The van der Waals surface area contributed by atoms with Crippen molar-refractivity contribution in [3.8, 4) is 5.69 Å². The van der Waals surface area contributed by atoms with Crippen molar-refractivity contribution in [2.75, 3.05) is 0 Å². The van der Waals surface area contributed by atoms with E-state index in [1.807, 2.05) is 29.7 Å². The van der Waals surface area contributed by atoms with E-state index < -0.39 is 0 Å². The molecule has 5 heteroatoms. The predicted molar refractivity (Wildman–Crippen MR) is 83.0 cm³/mol. The van der Waals surface area contributed by atoms with Crippen molar-refractivity contribution in [3.05, 3.63) is 58.1 Å². The van der Waals surface area contributed by atoms with Gasteiger partial charge in [0.2, 0.25) is 0 Å². The summed E-state index contributed by atoms with van der Waals surface area (Å²) >= 11 is 9.55. The van der Waals surface area contributed by atoms with E-state index in [-0.39, 0.29) is 11.7 Å². The summed E-state index contributed by atoms with van der Waals surface area (Å²) in [4.78, 5) is 4.40. The quantitative estimate of drug-likeness (QED) is 0.594. The van der Waals surface area contributed by atoms with Gasteiger partial charge in [-0.05, 0) is 52.7 Å². The van der Waals surface area contributed by atoms with Gasteiger partial charge in [-0.25, -0.2) is 9.37 Å². The van der Waals surface area contributed by atoms with Gasteiger partial charge in [-0.1, -0.05) is 6.07 Å². The van der Waals surface area contributed by atoms with Crippen LogP contribution < -0.4 is 0 Å². The van der Waals surface area contributed by atoms with E-state index in [1.54, 1.807) is 6.07 Å². The van der Waals surface area contributed by atoms with Crippen LogP contribution in [0, 0.1) is 12.7 Å². The molecule has 3 aromatic rings. The van der Waals surface area contributed by atoms with Crippen LogP contribution in [0.25, 0.3) is 16.7 Å². The van der Waals surface area contributed by atoms with Crippen LogP contribution in [0.4, 0.5) is 4.39 Å². The molecule has 2 nitrogen and oxygen atoms in total. The van der Waals surface area contributed by atoms with E-state index in [4.69, 9.17) is 11.6 Å². The van der Waals surface area contributed by atoms with Crippen LogP contribution in [0.5, 0.6) is 0 Å². The summed E-state index contributed by atoms with van der Waals surface area (Å²) in [5, 5.41) is 0. The number of benzene rings is 2. The number of alkyl halides is 1. The summed E-state index contributed by atoms with van der Waals surface area (Å²) in [5.41, 5.74) is 3.55. The van der Waals surface area contributed by atoms with Gasteiger partial charge in [-0.2, -0.15) is 0 Å². The highest BCUT2D eigenvalue weighted by Crippen LogP contribution is 2.29.